The lowest BCUT2D eigenvalue weighted by Gasteiger charge is -2.35. The fourth-order valence-corrected chi connectivity index (χ4v) is 1.61. The second-order valence-corrected chi connectivity index (χ2v) is 5.67. The van der Waals surface area contributed by atoms with Crippen molar-refractivity contribution in [3.8, 4) is 0 Å². The molecule has 2 unspecified atom stereocenters. The van der Waals surface area contributed by atoms with Crippen LogP contribution in [0.2, 0.25) is 0 Å². The molecule has 3 nitrogen and oxygen atoms in total. The van der Waals surface area contributed by atoms with E-state index in [0.717, 1.165) is 17.8 Å². The number of hydrogen-bond acceptors (Lipinski definition) is 1. The summed E-state index contributed by atoms with van der Waals surface area (Å²) >= 11 is 7.91. The Morgan fingerprint density at radius 1 is 1.00 bits per heavy atom. The molecule has 0 spiro atoms. The van der Waals surface area contributed by atoms with Gasteiger partial charge in [0.2, 0.25) is 6.33 Å². The zero-order chi connectivity index (χ0) is 20.1. The van der Waals surface area contributed by atoms with Gasteiger partial charge in [0.05, 0.1) is 7.05 Å². The molecule has 0 fully saturated rings. The minimum absolute atomic E-state index is 0.342. The number of ether oxygens (including phenoxy) is 1. The van der Waals surface area contributed by atoms with Crippen LogP contribution >= 0.6 is 23.2 Å². The van der Waals surface area contributed by atoms with Crippen molar-refractivity contribution in [3.05, 3.63) is 18.7 Å². The van der Waals surface area contributed by atoms with Crippen molar-refractivity contribution in [2.24, 2.45) is 7.05 Å². The van der Waals surface area contributed by atoms with Gasteiger partial charge < -0.3 is 0 Å². The predicted molar refractivity (Wildman–Crippen MR) is 62.2 cm³/mol. The first kappa shape index (κ1) is 22.1. The maximum atomic E-state index is 13.6. The number of hydrogen-bond donors (Lipinski definition) is 0. The van der Waals surface area contributed by atoms with E-state index in [4.69, 9.17) is 0 Å². The highest BCUT2D eigenvalue weighted by Gasteiger charge is 2.80. The Morgan fingerprint density at radius 2 is 1.48 bits per heavy atom. The molecule has 1 heterocycles. The third kappa shape index (κ3) is 3.77. The minimum Gasteiger partial charge on any atom is -0.271 e. The minimum atomic E-state index is -6.70. The first-order valence-corrected chi connectivity index (χ1v) is 6.57. The zero-order valence-corrected chi connectivity index (χ0v) is 13.2. The summed E-state index contributed by atoms with van der Waals surface area (Å²) in [6, 6.07) is -4.99. The molecule has 0 aromatic carbocycles. The van der Waals surface area contributed by atoms with E-state index in [9.17, 15) is 43.9 Å². The van der Waals surface area contributed by atoms with E-state index >= 15 is 0 Å². The van der Waals surface area contributed by atoms with Gasteiger partial charge in [0.25, 0.3) is 0 Å². The molecule has 0 aliphatic rings. The molecule has 0 radical (unpaired) electrons. The summed E-state index contributed by atoms with van der Waals surface area (Å²) < 4.78 is 135. The summed E-state index contributed by atoms with van der Waals surface area (Å²) in [6.45, 7) is 0. The zero-order valence-electron chi connectivity index (χ0n) is 11.6. The molecule has 0 N–H and O–H groups in total. The molecule has 1 aromatic rings. The Labute approximate surface area is 142 Å². The summed E-state index contributed by atoms with van der Waals surface area (Å²) in [7, 11) is 1.16. The topological polar surface area (TPSA) is 18.0 Å². The number of halogens is 12. The highest BCUT2D eigenvalue weighted by atomic mass is 35.5. The second-order valence-electron chi connectivity index (χ2n) is 4.67. The van der Waals surface area contributed by atoms with Crippen LogP contribution in [0.15, 0.2) is 18.7 Å². The van der Waals surface area contributed by atoms with Crippen LogP contribution in [0, 0.1) is 0 Å². The highest BCUT2D eigenvalue weighted by Crippen LogP contribution is 2.56. The maximum absolute atomic E-state index is 13.6. The number of aromatic nitrogens is 2. The normalized spacial score (nSPS) is 18.1. The van der Waals surface area contributed by atoms with Gasteiger partial charge in [-0.15, -0.1) is 0 Å². The number of aryl methyl sites for hydroxylation is 1. The van der Waals surface area contributed by atoms with Gasteiger partial charge in [-0.1, -0.05) is 11.6 Å². The third-order valence-electron chi connectivity index (χ3n) is 2.75. The van der Waals surface area contributed by atoms with E-state index in [-0.39, 0.29) is 4.57 Å². The molecule has 0 aliphatic heterocycles. The van der Waals surface area contributed by atoms with Crippen LogP contribution in [0.4, 0.5) is 43.9 Å². The molecular weight excluding hydrogens is 425 g/mol. The van der Waals surface area contributed by atoms with Crippen molar-refractivity contribution in [3.63, 3.8) is 0 Å². The number of imidazole rings is 1. The SMILES string of the molecule is C[n+]1ccn(C(F)(F)C(F)OC(F)(F)C(F)(F)C(F)(Cl)C(F)(F)Cl)c1. The summed E-state index contributed by atoms with van der Waals surface area (Å²) in [5.74, 6) is -6.70. The van der Waals surface area contributed by atoms with E-state index in [2.05, 4.69) is 27.9 Å². The lowest BCUT2D eigenvalue weighted by Crippen LogP contribution is -2.62. The molecule has 0 aliphatic carbocycles. The first-order chi connectivity index (χ1) is 10.9. The fourth-order valence-electron chi connectivity index (χ4n) is 1.38. The van der Waals surface area contributed by atoms with Gasteiger partial charge in [-0.25, -0.2) is 13.3 Å². The predicted octanol–water partition coefficient (Wildman–Crippen LogP) is 4.14. The van der Waals surface area contributed by atoms with Crippen molar-refractivity contribution in [2.45, 2.75) is 34.9 Å². The number of alkyl halides is 12. The molecule has 2 atom stereocenters. The molecular formula is C10H7Cl2F10N2O+. The van der Waals surface area contributed by atoms with Crippen LogP contribution in [-0.2, 0) is 17.8 Å². The van der Waals surface area contributed by atoms with E-state index in [1.54, 1.807) is 0 Å². The Balaban J connectivity index is 3.14. The standard InChI is InChI=1S/C10H7Cl2F10N2O/c1-23-2-3-24(4-23)6(14,15)5(13)25-10(21,22)8(17,18)7(11,16)9(12,19)20/h2-5H,1H3/q+1. The quantitative estimate of drug-likeness (QED) is 0.360. The van der Waals surface area contributed by atoms with E-state index in [1.807, 2.05) is 0 Å². The molecule has 1 rings (SSSR count). The van der Waals surface area contributed by atoms with Crippen LogP contribution in [-0.4, -0.2) is 33.5 Å². The van der Waals surface area contributed by atoms with Crippen molar-refractivity contribution in [1.29, 1.82) is 0 Å². The van der Waals surface area contributed by atoms with Gasteiger partial charge in [0.1, 0.15) is 12.4 Å². The van der Waals surface area contributed by atoms with Crippen molar-refractivity contribution < 1.29 is 53.2 Å². The van der Waals surface area contributed by atoms with Gasteiger partial charge in [0, 0.05) is 0 Å². The number of rotatable bonds is 7. The van der Waals surface area contributed by atoms with Gasteiger partial charge >= 0.3 is 34.9 Å². The van der Waals surface area contributed by atoms with Crippen LogP contribution in [0.3, 0.4) is 0 Å². The average Bonchev–Trinajstić information content (AvgIpc) is 2.83. The first-order valence-electron chi connectivity index (χ1n) is 5.81. The molecule has 0 saturated carbocycles. The lowest BCUT2D eigenvalue weighted by atomic mass is 10.2. The third-order valence-corrected chi connectivity index (χ3v) is 3.59. The van der Waals surface area contributed by atoms with Gasteiger partial charge in [-0.2, -0.15) is 39.7 Å². The monoisotopic (exact) mass is 431 g/mol. The van der Waals surface area contributed by atoms with Crippen LogP contribution < -0.4 is 4.57 Å². The van der Waals surface area contributed by atoms with Crippen molar-refractivity contribution in [1.82, 2.24) is 4.57 Å². The molecule has 15 heteroatoms. The van der Waals surface area contributed by atoms with Crippen LogP contribution in [0.1, 0.15) is 0 Å². The summed E-state index contributed by atoms with van der Waals surface area (Å²) in [6.07, 6.45) is -9.22. The van der Waals surface area contributed by atoms with Crippen LogP contribution in [0.25, 0.3) is 0 Å². The van der Waals surface area contributed by atoms with Gasteiger partial charge in [-0.05, 0) is 11.6 Å². The van der Waals surface area contributed by atoms with Crippen molar-refractivity contribution in [2.75, 3.05) is 0 Å². The Kier molecular flexibility index (Phi) is 5.60. The van der Waals surface area contributed by atoms with E-state index in [1.165, 1.54) is 0 Å². The smallest absolute Gasteiger partial charge is 0.271 e. The molecule has 0 bridgehead atoms. The Bertz CT molecular complexity index is 615. The highest BCUT2D eigenvalue weighted by molar-refractivity contribution is 6.33. The van der Waals surface area contributed by atoms with Gasteiger partial charge in [-0.3, -0.25) is 4.74 Å². The molecule has 0 saturated heterocycles. The van der Waals surface area contributed by atoms with E-state index < -0.39 is 34.9 Å². The molecule has 0 amide bonds. The molecule has 146 valence electrons. The second kappa shape index (κ2) is 6.34. The Hall–Kier alpha value is -0.950. The fraction of sp³-hybridized carbons (Fsp3) is 0.700. The largest absolute Gasteiger partial charge is 0.454 e. The Morgan fingerprint density at radius 3 is 1.84 bits per heavy atom. The molecule has 25 heavy (non-hydrogen) atoms. The summed E-state index contributed by atoms with van der Waals surface area (Å²) in [4.78, 5) is 0. The van der Waals surface area contributed by atoms with Gasteiger partial charge in [0.15, 0.2) is 0 Å². The molecule has 1 aromatic heterocycles. The summed E-state index contributed by atoms with van der Waals surface area (Å²) in [5, 5.41) is -11.8. The van der Waals surface area contributed by atoms with E-state index in [0.29, 0.717) is 12.5 Å². The summed E-state index contributed by atoms with van der Waals surface area (Å²) in [5.41, 5.74) is 0. The average molecular weight is 432 g/mol. The van der Waals surface area contributed by atoms with Crippen molar-refractivity contribution >= 4 is 23.2 Å². The van der Waals surface area contributed by atoms with Crippen LogP contribution in [0.5, 0.6) is 0 Å². The lowest BCUT2D eigenvalue weighted by molar-refractivity contribution is -0.671. The maximum Gasteiger partial charge on any atom is 0.454 e. The number of nitrogens with zero attached hydrogens (tertiary/aromatic N) is 2.